The molecule has 0 radical (unpaired) electrons. The number of ether oxygens (including phenoxy) is 1. The maximum atomic E-state index is 12.4. The highest BCUT2D eigenvalue weighted by atomic mass is 32.1. The molecule has 0 N–H and O–H groups in total. The average Bonchev–Trinajstić information content (AvgIpc) is 3.18. The minimum absolute atomic E-state index is 0.350. The topological polar surface area (TPSA) is 54.8 Å². The second kappa shape index (κ2) is 9.88. The molecule has 31 heavy (non-hydrogen) atoms. The van der Waals surface area contributed by atoms with E-state index in [-0.39, 0.29) is 5.97 Å². The van der Waals surface area contributed by atoms with Crippen molar-refractivity contribution in [3.05, 3.63) is 68.5 Å². The first-order chi connectivity index (χ1) is 14.8. The highest BCUT2D eigenvalue weighted by Gasteiger charge is 2.20. The number of aromatic nitrogens is 1. The Morgan fingerprint density at radius 3 is 2.52 bits per heavy atom. The molecule has 162 valence electrons. The molecule has 0 aliphatic rings. The molecule has 1 heterocycles. The number of esters is 1. The number of carbonyl (C=O) groups excluding carboxylic acids is 1. The summed E-state index contributed by atoms with van der Waals surface area (Å²) in [4.78, 5) is 24.4. The Balaban J connectivity index is 1.94. The summed E-state index contributed by atoms with van der Waals surface area (Å²) < 4.78 is 5.01. The molecule has 0 fully saturated rings. The Kier molecular flexibility index (Phi) is 7.23. The van der Waals surface area contributed by atoms with Crippen LogP contribution in [0.1, 0.15) is 43.9 Å². The van der Waals surface area contributed by atoms with E-state index >= 15 is 0 Å². The summed E-state index contributed by atoms with van der Waals surface area (Å²) in [7, 11) is 3.41. The van der Waals surface area contributed by atoms with Gasteiger partial charge in [0.15, 0.2) is 0 Å². The molecule has 5 nitrogen and oxygen atoms in total. The van der Waals surface area contributed by atoms with Gasteiger partial charge < -0.3 is 9.64 Å². The molecule has 0 amide bonds. The van der Waals surface area contributed by atoms with Crippen molar-refractivity contribution in [1.29, 1.82) is 0 Å². The third-order valence-corrected chi connectivity index (χ3v) is 6.29. The average molecular weight is 436 g/mol. The Morgan fingerprint density at radius 2 is 1.87 bits per heavy atom. The van der Waals surface area contributed by atoms with Crippen LogP contribution in [-0.2, 0) is 11.2 Å². The Morgan fingerprint density at radius 1 is 1.16 bits per heavy atom. The van der Waals surface area contributed by atoms with Gasteiger partial charge in [0, 0.05) is 25.6 Å². The molecule has 3 rings (SSSR count). The van der Waals surface area contributed by atoms with Crippen molar-refractivity contribution in [2.75, 3.05) is 20.7 Å². The van der Waals surface area contributed by atoms with Gasteiger partial charge in [-0.15, -0.1) is 11.3 Å². The number of methoxy groups -OCH3 is 1. The van der Waals surface area contributed by atoms with E-state index in [0.717, 1.165) is 39.5 Å². The van der Waals surface area contributed by atoms with Gasteiger partial charge in [-0.2, -0.15) is 0 Å². The quantitative estimate of drug-likeness (QED) is 0.270. The van der Waals surface area contributed by atoms with Gasteiger partial charge in [-0.1, -0.05) is 35.9 Å². The van der Waals surface area contributed by atoms with E-state index in [2.05, 4.69) is 37.9 Å². The molecule has 6 heteroatoms. The zero-order valence-corrected chi connectivity index (χ0v) is 19.8. The lowest BCUT2D eigenvalue weighted by Gasteiger charge is -2.11. The number of aliphatic imine (C=N–C) groups is 1. The fourth-order valence-corrected chi connectivity index (χ4v) is 4.20. The van der Waals surface area contributed by atoms with Gasteiger partial charge in [-0.05, 0) is 50.5 Å². The molecule has 2 aromatic carbocycles. The molecule has 0 aliphatic carbocycles. The Hall–Kier alpha value is -2.99. The van der Waals surface area contributed by atoms with Gasteiger partial charge in [0.05, 0.1) is 29.8 Å². The Labute approximate surface area is 188 Å². The lowest BCUT2D eigenvalue weighted by molar-refractivity contribution is 0.0607. The maximum Gasteiger partial charge on any atom is 0.350 e. The number of benzene rings is 2. The van der Waals surface area contributed by atoms with Crippen molar-refractivity contribution in [2.45, 2.75) is 34.1 Å². The molecular formula is C25H29N3O2S. The van der Waals surface area contributed by atoms with Gasteiger partial charge in [0.1, 0.15) is 4.88 Å². The predicted molar refractivity (Wildman–Crippen MR) is 129 cm³/mol. The lowest BCUT2D eigenvalue weighted by Crippen LogP contribution is -2.14. The summed E-state index contributed by atoms with van der Waals surface area (Å²) in [6.45, 7) is 9.20. The molecule has 3 aromatic rings. The summed E-state index contributed by atoms with van der Waals surface area (Å²) >= 11 is 1.40. The first-order valence-electron chi connectivity index (χ1n) is 10.3. The molecule has 1 aromatic heterocycles. The van der Waals surface area contributed by atoms with Gasteiger partial charge in [-0.25, -0.2) is 14.8 Å². The first-order valence-corrected chi connectivity index (χ1v) is 11.1. The number of hydrogen-bond donors (Lipinski definition) is 0. The predicted octanol–water partition coefficient (Wildman–Crippen LogP) is 5.72. The minimum atomic E-state index is -0.350. The van der Waals surface area contributed by atoms with Crippen LogP contribution in [-0.4, -0.2) is 42.9 Å². The van der Waals surface area contributed by atoms with E-state index in [0.29, 0.717) is 17.0 Å². The normalized spacial score (nSPS) is 11.2. The fourth-order valence-electron chi connectivity index (χ4n) is 3.17. The summed E-state index contributed by atoms with van der Waals surface area (Å²) in [5, 5.41) is 0.889. The summed E-state index contributed by atoms with van der Waals surface area (Å²) in [5.74, 6) is -0.350. The number of hydrogen-bond acceptors (Lipinski definition) is 5. The van der Waals surface area contributed by atoms with Crippen LogP contribution in [0.5, 0.6) is 0 Å². The smallest absolute Gasteiger partial charge is 0.350 e. The maximum absolute atomic E-state index is 12.4. The van der Waals surface area contributed by atoms with Crippen LogP contribution in [0.2, 0.25) is 0 Å². The van der Waals surface area contributed by atoms with Crippen molar-refractivity contribution < 1.29 is 9.53 Å². The van der Waals surface area contributed by atoms with Gasteiger partial charge in [-0.3, -0.25) is 0 Å². The third kappa shape index (κ3) is 5.39. The van der Waals surface area contributed by atoms with Crippen molar-refractivity contribution in [3.8, 4) is 11.3 Å². The van der Waals surface area contributed by atoms with E-state index in [9.17, 15) is 4.79 Å². The largest absolute Gasteiger partial charge is 0.465 e. The number of carbonyl (C=O) groups is 1. The molecule has 0 bridgehead atoms. The van der Waals surface area contributed by atoms with E-state index < -0.39 is 0 Å². The summed E-state index contributed by atoms with van der Waals surface area (Å²) in [6.07, 6.45) is 2.52. The zero-order valence-electron chi connectivity index (χ0n) is 19.0. The van der Waals surface area contributed by atoms with Crippen molar-refractivity contribution in [2.24, 2.45) is 4.99 Å². The summed E-state index contributed by atoms with van der Waals surface area (Å²) in [5.41, 5.74) is 7.19. The van der Waals surface area contributed by atoms with Crippen molar-refractivity contribution in [1.82, 2.24) is 9.88 Å². The minimum Gasteiger partial charge on any atom is -0.465 e. The SMILES string of the molecule is CCN(C)/C=N/c1cc(C)c(Cc2nc(-c3ccc(C)cc3)c(C(=O)OC)s2)cc1C. The van der Waals surface area contributed by atoms with Crippen LogP contribution in [0.3, 0.4) is 0 Å². The standard InChI is InChI=1S/C25H29N3O2S/c1-7-28(5)15-26-21-13-17(3)20(12-18(21)4)14-22-27-23(24(31-22)25(29)30-6)19-10-8-16(2)9-11-19/h8-13,15H,7,14H2,1-6H3/b26-15+. The van der Waals surface area contributed by atoms with Crippen molar-refractivity contribution in [3.63, 3.8) is 0 Å². The highest BCUT2D eigenvalue weighted by molar-refractivity contribution is 7.14. The molecule has 0 spiro atoms. The van der Waals surface area contributed by atoms with E-state index in [4.69, 9.17) is 9.72 Å². The van der Waals surface area contributed by atoms with E-state index in [1.807, 2.05) is 49.5 Å². The van der Waals surface area contributed by atoms with Crippen LogP contribution in [0.25, 0.3) is 11.3 Å². The number of thiazole rings is 1. The van der Waals surface area contributed by atoms with Crippen LogP contribution < -0.4 is 0 Å². The Bertz CT molecular complexity index is 1100. The number of nitrogens with zero attached hydrogens (tertiary/aromatic N) is 3. The van der Waals surface area contributed by atoms with Crippen LogP contribution >= 0.6 is 11.3 Å². The molecule has 0 saturated heterocycles. The highest BCUT2D eigenvalue weighted by Crippen LogP contribution is 2.32. The van der Waals surface area contributed by atoms with Crippen LogP contribution in [0, 0.1) is 20.8 Å². The van der Waals surface area contributed by atoms with Crippen LogP contribution in [0.4, 0.5) is 5.69 Å². The molecule has 0 unspecified atom stereocenters. The number of rotatable bonds is 7. The molecule has 0 atom stereocenters. The second-order valence-corrected chi connectivity index (χ2v) is 8.79. The summed E-state index contributed by atoms with van der Waals surface area (Å²) in [6, 6.07) is 12.3. The van der Waals surface area contributed by atoms with E-state index in [1.54, 1.807) is 0 Å². The zero-order chi connectivity index (χ0) is 22.5. The lowest BCUT2D eigenvalue weighted by atomic mass is 10.0. The second-order valence-electron chi connectivity index (χ2n) is 7.70. The van der Waals surface area contributed by atoms with E-state index in [1.165, 1.54) is 24.0 Å². The van der Waals surface area contributed by atoms with Crippen molar-refractivity contribution >= 4 is 29.3 Å². The molecular weight excluding hydrogens is 406 g/mol. The van der Waals surface area contributed by atoms with Gasteiger partial charge in [0.2, 0.25) is 0 Å². The molecule has 0 aliphatic heterocycles. The fraction of sp³-hybridized carbons (Fsp3) is 0.320. The molecule has 0 saturated carbocycles. The van der Waals surface area contributed by atoms with Gasteiger partial charge >= 0.3 is 5.97 Å². The van der Waals surface area contributed by atoms with Gasteiger partial charge in [0.25, 0.3) is 0 Å². The van der Waals surface area contributed by atoms with Crippen LogP contribution in [0.15, 0.2) is 41.4 Å². The monoisotopic (exact) mass is 435 g/mol. The first kappa shape index (κ1) is 22.7. The number of aryl methyl sites for hydroxylation is 3. The third-order valence-electron chi connectivity index (χ3n) is 5.26.